The van der Waals surface area contributed by atoms with Crippen molar-refractivity contribution in [2.24, 2.45) is 11.8 Å². The summed E-state index contributed by atoms with van der Waals surface area (Å²) >= 11 is 0. The van der Waals surface area contributed by atoms with Gasteiger partial charge in [0.25, 0.3) is 0 Å². The molecule has 1 saturated heterocycles. The molecule has 0 bridgehead atoms. The zero-order valence-corrected chi connectivity index (χ0v) is 15.8. The molecule has 0 radical (unpaired) electrons. The predicted octanol–water partition coefficient (Wildman–Crippen LogP) is 4.24. The zero-order valence-electron chi connectivity index (χ0n) is 15.8. The maximum Gasteiger partial charge on any atom is 0.225 e. The largest absolute Gasteiger partial charge is 0.489 e. The lowest BCUT2D eigenvalue weighted by Gasteiger charge is -2.36. The monoisotopic (exact) mass is 364 g/mol. The number of rotatable bonds is 6. The lowest BCUT2D eigenvalue weighted by Crippen LogP contribution is -2.43. The van der Waals surface area contributed by atoms with Gasteiger partial charge >= 0.3 is 0 Å². The van der Waals surface area contributed by atoms with Crippen molar-refractivity contribution in [2.75, 3.05) is 13.1 Å². The number of piperidine rings is 1. The molecule has 4 nitrogen and oxygen atoms in total. The molecular formula is C23H28N2O2. The Morgan fingerprint density at radius 3 is 2.26 bits per heavy atom. The van der Waals surface area contributed by atoms with E-state index in [4.69, 9.17) is 4.74 Å². The van der Waals surface area contributed by atoms with Gasteiger partial charge in [-0.05, 0) is 61.3 Å². The molecule has 2 aromatic rings. The lowest BCUT2D eigenvalue weighted by molar-refractivity contribution is -0.139. The summed E-state index contributed by atoms with van der Waals surface area (Å²) < 4.78 is 5.77. The number of carbonyl (C=O) groups excluding carboxylic acids is 1. The summed E-state index contributed by atoms with van der Waals surface area (Å²) in [5.74, 6) is 2.29. The Morgan fingerprint density at radius 2 is 1.63 bits per heavy atom. The lowest BCUT2D eigenvalue weighted by atomic mass is 9.83. The third kappa shape index (κ3) is 4.68. The van der Waals surface area contributed by atoms with Crippen molar-refractivity contribution in [3.63, 3.8) is 0 Å². The molecule has 4 heteroatoms. The van der Waals surface area contributed by atoms with Gasteiger partial charge in [-0.25, -0.2) is 0 Å². The van der Waals surface area contributed by atoms with E-state index >= 15 is 0 Å². The van der Waals surface area contributed by atoms with Crippen molar-refractivity contribution >= 4 is 5.91 Å². The summed E-state index contributed by atoms with van der Waals surface area (Å²) in [6.07, 6.45) is 10.3. The maximum atomic E-state index is 12.4. The minimum absolute atomic E-state index is 0.337. The van der Waals surface area contributed by atoms with Crippen LogP contribution < -0.4 is 4.74 Å². The molecule has 0 spiro atoms. The molecule has 2 heterocycles. The Kier molecular flexibility index (Phi) is 5.71. The molecule has 4 rings (SSSR count). The summed E-state index contributed by atoms with van der Waals surface area (Å²) in [6, 6.07) is 12.5. The zero-order chi connectivity index (χ0) is 18.5. The van der Waals surface area contributed by atoms with Gasteiger partial charge in [0.15, 0.2) is 0 Å². The van der Waals surface area contributed by atoms with Crippen LogP contribution in [0, 0.1) is 11.8 Å². The van der Waals surface area contributed by atoms with Crippen LogP contribution in [0.3, 0.4) is 0 Å². The highest BCUT2D eigenvalue weighted by atomic mass is 16.5. The van der Waals surface area contributed by atoms with Crippen molar-refractivity contribution < 1.29 is 9.53 Å². The highest BCUT2D eigenvalue weighted by molar-refractivity contribution is 5.79. The van der Waals surface area contributed by atoms with Gasteiger partial charge in [0.1, 0.15) is 12.4 Å². The Balaban J connectivity index is 1.22. The Morgan fingerprint density at radius 1 is 0.963 bits per heavy atom. The average Bonchev–Trinajstić information content (AvgIpc) is 2.67. The molecule has 2 fully saturated rings. The molecule has 0 unspecified atom stereocenters. The number of carbonyl (C=O) groups is 1. The normalized spacial score (nSPS) is 18.1. The van der Waals surface area contributed by atoms with E-state index in [0.29, 0.717) is 24.3 Å². The van der Waals surface area contributed by atoms with Crippen molar-refractivity contribution in [1.29, 1.82) is 0 Å². The molecule has 1 aliphatic carbocycles. The van der Waals surface area contributed by atoms with E-state index in [-0.39, 0.29) is 0 Å². The number of likely N-dealkylation sites (tertiary alicyclic amines) is 1. The summed E-state index contributed by atoms with van der Waals surface area (Å²) in [5.41, 5.74) is 2.56. The van der Waals surface area contributed by atoms with E-state index in [1.807, 2.05) is 12.1 Å². The third-order valence-electron chi connectivity index (χ3n) is 5.98. The molecule has 1 aliphatic heterocycles. The van der Waals surface area contributed by atoms with Gasteiger partial charge in [0.2, 0.25) is 5.91 Å². The van der Waals surface area contributed by atoms with E-state index < -0.39 is 0 Å². The third-order valence-corrected chi connectivity index (χ3v) is 5.98. The Bertz CT molecular complexity index is 733. The van der Waals surface area contributed by atoms with E-state index in [9.17, 15) is 4.79 Å². The Labute approximate surface area is 161 Å². The van der Waals surface area contributed by atoms with Gasteiger partial charge in [-0.3, -0.25) is 9.78 Å². The standard InChI is InChI=1S/C23H28N2O2/c26-23(21-2-1-3-21)25-14-10-19(11-15-25)16-18-4-6-20(7-5-18)17-27-22-8-12-24-13-9-22/h4-9,12-13,19,21H,1-3,10-11,14-17H2. The van der Waals surface area contributed by atoms with Gasteiger partial charge in [0, 0.05) is 31.4 Å². The van der Waals surface area contributed by atoms with E-state index in [1.54, 1.807) is 12.4 Å². The number of nitrogens with zero attached hydrogens (tertiary/aromatic N) is 2. The highest BCUT2D eigenvalue weighted by Crippen LogP contribution is 2.30. The molecule has 0 N–H and O–H groups in total. The SMILES string of the molecule is O=C(C1CCC1)N1CCC(Cc2ccc(COc3ccncc3)cc2)CC1. The van der Waals surface area contributed by atoms with Crippen molar-refractivity contribution in [3.05, 3.63) is 59.9 Å². The number of amides is 1. The number of ether oxygens (including phenoxy) is 1. The van der Waals surface area contributed by atoms with Crippen LogP contribution in [0.5, 0.6) is 5.75 Å². The predicted molar refractivity (Wildman–Crippen MR) is 105 cm³/mol. The maximum absolute atomic E-state index is 12.4. The number of pyridine rings is 1. The van der Waals surface area contributed by atoms with E-state index in [0.717, 1.165) is 50.9 Å². The van der Waals surface area contributed by atoms with Gasteiger partial charge in [-0.2, -0.15) is 0 Å². The number of hydrogen-bond donors (Lipinski definition) is 0. The van der Waals surface area contributed by atoms with Gasteiger partial charge in [-0.1, -0.05) is 30.7 Å². The van der Waals surface area contributed by atoms with Gasteiger partial charge in [-0.15, -0.1) is 0 Å². The molecule has 1 aromatic carbocycles. The van der Waals surface area contributed by atoms with E-state index in [2.05, 4.69) is 34.1 Å². The number of hydrogen-bond acceptors (Lipinski definition) is 3. The second-order valence-corrected chi connectivity index (χ2v) is 7.89. The quantitative estimate of drug-likeness (QED) is 0.770. The molecule has 1 saturated carbocycles. The molecule has 142 valence electrons. The van der Waals surface area contributed by atoms with Crippen LogP contribution in [0.15, 0.2) is 48.8 Å². The second-order valence-electron chi connectivity index (χ2n) is 7.89. The van der Waals surface area contributed by atoms with Crippen LogP contribution in [0.2, 0.25) is 0 Å². The highest BCUT2D eigenvalue weighted by Gasteiger charge is 2.31. The molecule has 27 heavy (non-hydrogen) atoms. The molecular weight excluding hydrogens is 336 g/mol. The van der Waals surface area contributed by atoms with Crippen molar-refractivity contribution in [2.45, 2.75) is 45.1 Å². The molecule has 0 atom stereocenters. The summed E-state index contributed by atoms with van der Waals surface area (Å²) in [7, 11) is 0. The fourth-order valence-corrected chi connectivity index (χ4v) is 3.98. The first kappa shape index (κ1) is 18.0. The second kappa shape index (κ2) is 8.55. The average molecular weight is 364 g/mol. The Hall–Kier alpha value is -2.36. The van der Waals surface area contributed by atoms with Crippen LogP contribution in [0.4, 0.5) is 0 Å². The summed E-state index contributed by atoms with van der Waals surface area (Å²) in [5, 5.41) is 0. The fraction of sp³-hybridized carbons (Fsp3) is 0.478. The molecule has 1 aromatic heterocycles. The van der Waals surface area contributed by atoms with Crippen LogP contribution in [-0.4, -0.2) is 28.9 Å². The van der Waals surface area contributed by atoms with Crippen LogP contribution >= 0.6 is 0 Å². The van der Waals surface area contributed by atoms with Crippen LogP contribution in [-0.2, 0) is 17.8 Å². The topological polar surface area (TPSA) is 42.4 Å². The summed E-state index contributed by atoms with van der Waals surface area (Å²) in [4.78, 5) is 18.5. The first-order chi connectivity index (χ1) is 13.3. The van der Waals surface area contributed by atoms with Crippen LogP contribution in [0.25, 0.3) is 0 Å². The smallest absolute Gasteiger partial charge is 0.225 e. The van der Waals surface area contributed by atoms with Gasteiger partial charge < -0.3 is 9.64 Å². The first-order valence-corrected chi connectivity index (χ1v) is 10.2. The minimum Gasteiger partial charge on any atom is -0.489 e. The molecule has 2 aliphatic rings. The van der Waals surface area contributed by atoms with Gasteiger partial charge in [0.05, 0.1) is 0 Å². The van der Waals surface area contributed by atoms with E-state index in [1.165, 1.54) is 17.5 Å². The first-order valence-electron chi connectivity index (χ1n) is 10.2. The minimum atomic E-state index is 0.337. The summed E-state index contributed by atoms with van der Waals surface area (Å²) in [6.45, 7) is 2.46. The number of aromatic nitrogens is 1. The van der Waals surface area contributed by atoms with Crippen LogP contribution in [0.1, 0.15) is 43.2 Å². The van der Waals surface area contributed by atoms with Crippen molar-refractivity contribution in [3.8, 4) is 5.75 Å². The fourth-order valence-electron chi connectivity index (χ4n) is 3.98. The molecule has 1 amide bonds. The van der Waals surface area contributed by atoms with Crippen molar-refractivity contribution in [1.82, 2.24) is 9.88 Å². The number of benzene rings is 1.